The summed E-state index contributed by atoms with van der Waals surface area (Å²) in [4.78, 5) is 1.28. The van der Waals surface area contributed by atoms with E-state index in [2.05, 4.69) is 15.4 Å². The first-order valence-electron chi connectivity index (χ1n) is 5.45. The van der Waals surface area contributed by atoms with Gasteiger partial charge in [0, 0.05) is 12.7 Å². The van der Waals surface area contributed by atoms with Gasteiger partial charge in [0.05, 0.1) is 18.7 Å². The van der Waals surface area contributed by atoms with Gasteiger partial charge in [0.15, 0.2) is 0 Å². The molecule has 19 heavy (non-hydrogen) atoms. The lowest BCUT2D eigenvalue weighted by Gasteiger charge is -2.06. The first kappa shape index (κ1) is 13.5. The van der Waals surface area contributed by atoms with E-state index in [4.69, 9.17) is 4.74 Å². The van der Waals surface area contributed by atoms with E-state index >= 15 is 0 Å². The van der Waals surface area contributed by atoms with Gasteiger partial charge in [-0.05, 0) is 17.3 Å². The summed E-state index contributed by atoms with van der Waals surface area (Å²) in [5.74, 6) is 0.155. The zero-order valence-electron chi connectivity index (χ0n) is 10.1. The van der Waals surface area contributed by atoms with Gasteiger partial charge >= 0.3 is 6.18 Å². The quantitative estimate of drug-likeness (QED) is 0.854. The molecule has 0 amide bonds. The molecule has 0 N–H and O–H groups in total. The van der Waals surface area contributed by atoms with Crippen LogP contribution in [0.1, 0.15) is 5.56 Å². The normalized spacial score (nSPS) is 11.8. The van der Waals surface area contributed by atoms with Crippen LogP contribution < -0.4 is 0 Å². The van der Waals surface area contributed by atoms with Crippen LogP contribution in [0.4, 0.5) is 13.2 Å². The van der Waals surface area contributed by atoms with Crippen molar-refractivity contribution in [2.24, 2.45) is 0 Å². The zero-order valence-corrected chi connectivity index (χ0v) is 10.1. The number of hydrogen-bond acceptors (Lipinski definition) is 4. The molecule has 0 saturated heterocycles. The van der Waals surface area contributed by atoms with Crippen molar-refractivity contribution in [1.29, 1.82) is 0 Å². The van der Waals surface area contributed by atoms with Crippen molar-refractivity contribution < 1.29 is 17.9 Å². The van der Waals surface area contributed by atoms with Crippen LogP contribution in [-0.4, -0.2) is 33.9 Å². The van der Waals surface area contributed by atoms with Crippen LogP contribution in [0.25, 0.3) is 11.4 Å². The Balaban J connectivity index is 2.24. The number of tetrazole rings is 1. The van der Waals surface area contributed by atoms with E-state index in [1.165, 1.54) is 24.0 Å². The van der Waals surface area contributed by atoms with Gasteiger partial charge in [-0.2, -0.15) is 18.0 Å². The van der Waals surface area contributed by atoms with Crippen molar-refractivity contribution in [2.75, 3.05) is 13.7 Å². The highest BCUT2D eigenvalue weighted by atomic mass is 19.4. The van der Waals surface area contributed by atoms with Crippen LogP contribution in [0, 0.1) is 0 Å². The van der Waals surface area contributed by atoms with E-state index in [9.17, 15) is 13.2 Å². The number of rotatable bonds is 4. The molecule has 1 aromatic carbocycles. The molecule has 0 aliphatic rings. The maximum Gasteiger partial charge on any atom is 0.416 e. The van der Waals surface area contributed by atoms with E-state index in [1.54, 1.807) is 0 Å². The SMILES string of the molecule is COCCn1nnc(-c2cccc(C(F)(F)F)c2)n1. The molecule has 0 radical (unpaired) electrons. The minimum Gasteiger partial charge on any atom is -0.383 e. The number of ether oxygens (including phenoxy) is 1. The van der Waals surface area contributed by atoms with Crippen LogP contribution in [0.2, 0.25) is 0 Å². The van der Waals surface area contributed by atoms with E-state index in [1.807, 2.05) is 0 Å². The molecule has 2 aromatic rings. The molecule has 0 bridgehead atoms. The number of halogens is 3. The molecular weight excluding hydrogens is 261 g/mol. The average molecular weight is 272 g/mol. The number of aromatic nitrogens is 4. The number of hydrogen-bond donors (Lipinski definition) is 0. The molecule has 0 spiro atoms. The minimum atomic E-state index is -4.39. The zero-order chi connectivity index (χ0) is 13.9. The first-order chi connectivity index (χ1) is 9.00. The second-order valence-corrected chi connectivity index (χ2v) is 3.78. The van der Waals surface area contributed by atoms with Crippen molar-refractivity contribution in [2.45, 2.75) is 12.7 Å². The molecule has 2 rings (SSSR count). The van der Waals surface area contributed by atoms with Gasteiger partial charge in [-0.25, -0.2) is 0 Å². The standard InChI is InChI=1S/C11H11F3N4O/c1-19-6-5-18-16-10(15-17-18)8-3-2-4-9(7-8)11(12,13)14/h2-4,7H,5-6H2,1H3. The monoisotopic (exact) mass is 272 g/mol. The Bertz CT molecular complexity index is 553. The number of methoxy groups -OCH3 is 1. The maximum atomic E-state index is 12.6. The third-order valence-corrected chi connectivity index (χ3v) is 2.40. The van der Waals surface area contributed by atoms with Crippen molar-refractivity contribution >= 4 is 0 Å². The van der Waals surface area contributed by atoms with Crippen LogP contribution >= 0.6 is 0 Å². The Kier molecular flexibility index (Phi) is 3.79. The van der Waals surface area contributed by atoms with Gasteiger partial charge in [-0.1, -0.05) is 12.1 Å². The predicted octanol–water partition coefficient (Wildman–Crippen LogP) is 2.01. The molecular formula is C11H11F3N4O. The van der Waals surface area contributed by atoms with Gasteiger partial charge in [-0.15, -0.1) is 10.2 Å². The van der Waals surface area contributed by atoms with Gasteiger partial charge in [0.25, 0.3) is 0 Å². The topological polar surface area (TPSA) is 52.8 Å². The minimum absolute atomic E-state index is 0.155. The smallest absolute Gasteiger partial charge is 0.383 e. The van der Waals surface area contributed by atoms with Gasteiger partial charge in [0.1, 0.15) is 0 Å². The highest BCUT2D eigenvalue weighted by Crippen LogP contribution is 2.31. The van der Waals surface area contributed by atoms with E-state index < -0.39 is 11.7 Å². The lowest BCUT2D eigenvalue weighted by atomic mass is 10.1. The maximum absolute atomic E-state index is 12.6. The molecule has 102 valence electrons. The molecule has 0 unspecified atom stereocenters. The van der Waals surface area contributed by atoms with Gasteiger partial charge in [0.2, 0.25) is 5.82 Å². The summed E-state index contributed by atoms with van der Waals surface area (Å²) in [5.41, 5.74) is -0.461. The van der Waals surface area contributed by atoms with E-state index in [0.29, 0.717) is 13.2 Å². The highest BCUT2D eigenvalue weighted by molar-refractivity contribution is 5.55. The number of alkyl halides is 3. The van der Waals surface area contributed by atoms with Crippen molar-refractivity contribution in [3.8, 4) is 11.4 Å². The van der Waals surface area contributed by atoms with Gasteiger partial charge in [-0.3, -0.25) is 0 Å². The summed E-state index contributed by atoms with van der Waals surface area (Å²) in [6.45, 7) is 0.793. The molecule has 0 fully saturated rings. The Hall–Kier alpha value is -1.96. The molecule has 5 nitrogen and oxygen atoms in total. The Labute approximate surface area is 107 Å². The molecule has 0 aliphatic carbocycles. The molecule has 0 saturated carbocycles. The summed E-state index contributed by atoms with van der Waals surface area (Å²) < 4.78 is 42.6. The average Bonchev–Trinajstić information content (AvgIpc) is 2.84. The summed E-state index contributed by atoms with van der Waals surface area (Å²) in [7, 11) is 1.53. The lowest BCUT2D eigenvalue weighted by Crippen LogP contribution is -2.07. The second-order valence-electron chi connectivity index (χ2n) is 3.78. The summed E-state index contributed by atoms with van der Waals surface area (Å²) in [6.07, 6.45) is -4.39. The fourth-order valence-corrected chi connectivity index (χ4v) is 1.46. The third-order valence-electron chi connectivity index (χ3n) is 2.40. The summed E-state index contributed by atoms with van der Waals surface area (Å²) >= 11 is 0. The van der Waals surface area contributed by atoms with Gasteiger partial charge < -0.3 is 4.74 Å². The molecule has 1 aromatic heterocycles. The summed E-state index contributed by atoms with van der Waals surface area (Å²) in [5, 5.41) is 11.4. The fraction of sp³-hybridized carbons (Fsp3) is 0.364. The number of nitrogens with zero attached hydrogens (tertiary/aromatic N) is 4. The van der Waals surface area contributed by atoms with Crippen molar-refractivity contribution in [3.05, 3.63) is 29.8 Å². The predicted molar refractivity (Wildman–Crippen MR) is 60.1 cm³/mol. The second kappa shape index (κ2) is 5.35. The Morgan fingerprint density at radius 3 is 2.79 bits per heavy atom. The van der Waals surface area contributed by atoms with Crippen LogP contribution in [0.3, 0.4) is 0 Å². The lowest BCUT2D eigenvalue weighted by molar-refractivity contribution is -0.137. The fourth-order valence-electron chi connectivity index (χ4n) is 1.46. The third kappa shape index (κ3) is 3.28. The Morgan fingerprint density at radius 2 is 2.11 bits per heavy atom. The van der Waals surface area contributed by atoms with Crippen molar-refractivity contribution in [3.63, 3.8) is 0 Å². The van der Waals surface area contributed by atoms with Crippen LogP contribution in [-0.2, 0) is 17.5 Å². The Morgan fingerprint density at radius 1 is 1.32 bits per heavy atom. The summed E-state index contributed by atoms with van der Waals surface area (Å²) in [6, 6.07) is 4.82. The van der Waals surface area contributed by atoms with Crippen molar-refractivity contribution in [1.82, 2.24) is 20.2 Å². The molecule has 0 atom stereocenters. The number of benzene rings is 1. The molecule has 0 aliphatic heterocycles. The van der Waals surface area contributed by atoms with Crippen LogP contribution in [0.5, 0.6) is 0 Å². The van der Waals surface area contributed by atoms with Crippen LogP contribution in [0.15, 0.2) is 24.3 Å². The van der Waals surface area contributed by atoms with E-state index in [0.717, 1.165) is 12.1 Å². The molecule has 8 heteroatoms. The largest absolute Gasteiger partial charge is 0.416 e. The first-order valence-corrected chi connectivity index (χ1v) is 5.45. The molecule has 1 heterocycles. The van der Waals surface area contributed by atoms with E-state index in [-0.39, 0.29) is 11.4 Å². The highest BCUT2D eigenvalue weighted by Gasteiger charge is 2.30.